The number of methoxy groups -OCH3 is 1. The summed E-state index contributed by atoms with van der Waals surface area (Å²) >= 11 is 0. The molecule has 0 bridgehead atoms. The van der Waals surface area contributed by atoms with Crippen molar-refractivity contribution in [3.05, 3.63) is 70.2 Å². The summed E-state index contributed by atoms with van der Waals surface area (Å²) in [6.45, 7) is 9.22. The molecule has 0 aliphatic carbocycles. The smallest absolute Gasteiger partial charge is 0.343 e. The van der Waals surface area contributed by atoms with Crippen LogP contribution < -0.4 is 15.0 Å². The van der Waals surface area contributed by atoms with E-state index < -0.39 is 5.97 Å². The number of ether oxygens (including phenoxy) is 3. The molecule has 2 aliphatic heterocycles. The topological polar surface area (TPSA) is 73.2 Å². The first-order valence-electron chi connectivity index (χ1n) is 12.7. The normalized spacial score (nSPS) is 18.7. The van der Waals surface area contributed by atoms with E-state index in [1.807, 2.05) is 18.2 Å². The zero-order valence-electron chi connectivity index (χ0n) is 21.4. The Bertz CT molecular complexity index is 1130. The Morgan fingerprint density at radius 3 is 2.75 bits per heavy atom. The van der Waals surface area contributed by atoms with E-state index in [4.69, 9.17) is 14.2 Å². The number of piperidine rings is 1. The van der Waals surface area contributed by atoms with Gasteiger partial charge in [-0.25, -0.2) is 4.79 Å². The lowest BCUT2D eigenvalue weighted by Crippen LogP contribution is -2.35. The second-order valence-electron chi connectivity index (χ2n) is 9.63. The number of fused-ring (bicyclic) bond motifs is 1. The van der Waals surface area contributed by atoms with E-state index >= 15 is 0 Å². The molecular formula is C28H37N3O5. The van der Waals surface area contributed by atoms with Crippen molar-refractivity contribution in [2.45, 2.75) is 32.4 Å². The maximum atomic E-state index is 13.1. The van der Waals surface area contributed by atoms with Crippen LogP contribution in [0, 0.1) is 5.92 Å². The second-order valence-corrected chi connectivity index (χ2v) is 9.63. The Kier molecular flexibility index (Phi) is 8.83. The predicted molar refractivity (Wildman–Crippen MR) is 139 cm³/mol. The average molecular weight is 496 g/mol. The number of aromatic nitrogens is 1. The molecule has 0 spiro atoms. The van der Waals surface area contributed by atoms with Crippen LogP contribution in [0.25, 0.3) is 0 Å². The van der Waals surface area contributed by atoms with E-state index in [9.17, 15) is 9.59 Å². The van der Waals surface area contributed by atoms with Crippen LogP contribution in [-0.2, 0) is 24.2 Å². The molecule has 0 radical (unpaired) electrons. The molecule has 2 aromatic rings. The van der Waals surface area contributed by atoms with E-state index in [1.54, 1.807) is 10.6 Å². The number of likely N-dealkylation sites (tertiary alicyclic amines) is 1. The molecule has 194 valence electrons. The third-order valence-corrected chi connectivity index (χ3v) is 7.00. The molecule has 1 aromatic carbocycles. The molecule has 8 nitrogen and oxygen atoms in total. The Morgan fingerprint density at radius 2 is 1.97 bits per heavy atom. The van der Waals surface area contributed by atoms with Gasteiger partial charge in [-0.3, -0.25) is 9.69 Å². The highest BCUT2D eigenvalue weighted by Gasteiger charge is 2.27. The van der Waals surface area contributed by atoms with Crippen LogP contribution in [0.15, 0.2) is 47.8 Å². The van der Waals surface area contributed by atoms with Crippen LogP contribution in [0.3, 0.4) is 0 Å². The van der Waals surface area contributed by atoms with Crippen molar-refractivity contribution in [2.75, 3.05) is 53.6 Å². The molecule has 3 heterocycles. The lowest BCUT2D eigenvalue weighted by atomic mass is 9.99. The first-order chi connectivity index (χ1) is 17.5. The van der Waals surface area contributed by atoms with Gasteiger partial charge in [0, 0.05) is 62.4 Å². The summed E-state index contributed by atoms with van der Waals surface area (Å²) in [5, 5.41) is 0. The van der Waals surface area contributed by atoms with Gasteiger partial charge in [0.25, 0.3) is 5.56 Å². The minimum atomic E-state index is -0.467. The van der Waals surface area contributed by atoms with Gasteiger partial charge in [-0.2, -0.15) is 0 Å². The third kappa shape index (κ3) is 6.17. The van der Waals surface area contributed by atoms with Crippen molar-refractivity contribution in [3.8, 4) is 11.5 Å². The van der Waals surface area contributed by atoms with Gasteiger partial charge in [0.15, 0.2) is 0 Å². The molecule has 0 unspecified atom stereocenters. The molecule has 1 aromatic heterocycles. The molecule has 0 N–H and O–H groups in total. The number of esters is 1. The zero-order valence-corrected chi connectivity index (χ0v) is 21.4. The Balaban J connectivity index is 1.54. The quantitative estimate of drug-likeness (QED) is 0.391. The fraction of sp³-hybridized carbons (Fsp3) is 0.500. The first kappa shape index (κ1) is 26.0. The standard InChI is InChI=1S/C28H37N3O5/c1-4-16-35-24-10-6-5-9-22(24)19-30-13-11-23-27(28(33)34-3)25(17-26(32)31(23)15-14-30)36-20-21-8-7-12-29(2)18-21/h4-6,9-10,17,21H,1,7-8,11-16,18-20H2,2-3H3/t21-/m1/s1. The van der Waals surface area contributed by atoms with Crippen LogP contribution in [0.5, 0.6) is 11.5 Å². The van der Waals surface area contributed by atoms with Crippen LogP contribution >= 0.6 is 0 Å². The van der Waals surface area contributed by atoms with Crippen LogP contribution in [0.2, 0.25) is 0 Å². The molecule has 1 atom stereocenters. The second kappa shape index (κ2) is 12.2. The van der Waals surface area contributed by atoms with Crippen molar-refractivity contribution >= 4 is 5.97 Å². The number of hydrogen-bond acceptors (Lipinski definition) is 7. The lowest BCUT2D eigenvalue weighted by Gasteiger charge is -2.29. The van der Waals surface area contributed by atoms with E-state index in [0.717, 1.165) is 37.2 Å². The van der Waals surface area contributed by atoms with Gasteiger partial charge in [0.1, 0.15) is 23.7 Å². The minimum Gasteiger partial charge on any atom is -0.492 e. The van der Waals surface area contributed by atoms with Crippen LogP contribution in [0.1, 0.15) is 34.5 Å². The van der Waals surface area contributed by atoms with Gasteiger partial charge < -0.3 is 23.7 Å². The van der Waals surface area contributed by atoms with Crippen molar-refractivity contribution in [2.24, 2.45) is 5.92 Å². The number of rotatable bonds is 9. The lowest BCUT2D eigenvalue weighted by molar-refractivity contribution is 0.0590. The largest absolute Gasteiger partial charge is 0.492 e. The number of hydrogen-bond donors (Lipinski definition) is 0. The van der Waals surface area contributed by atoms with E-state index in [-0.39, 0.29) is 5.56 Å². The molecule has 36 heavy (non-hydrogen) atoms. The van der Waals surface area contributed by atoms with Crippen molar-refractivity contribution in [3.63, 3.8) is 0 Å². The van der Waals surface area contributed by atoms with Crippen LogP contribution in [0.4, 0.5) is 0 Å². The SMILES string of the molecule is C=CCOc1ccccc1CN1CCc2c(C(=O)OC)c(OC[C@@H]3CCCN(C)C3)cc(=O)n2CC1. The number of benzene rings is 1. The number of para-hydroxylation sites is 1. The van der Waals surface area contributed by atoms with Gasteiger partial charge >= 0.3 is 5.97 Å². The van der Waals surface area contributed by atoms with E-state index in [0.29, 0.717) is 68.7 Å². The fourth-order valence-corrected chi connectivity index (χ4v) is 5.17. The Labute approximate surface area is 213 Å². The molecule has 2 aliphatic rings. The maximum absolute atomic E-state index is 13.1. The highest BCUT2D eigenvalue weighted by molar-refractivity contribution is 5.93. The maximum Gasteiger partial charge on any atom is 0.343 e. The summed E-state index contributed by atoms with van der Waals surface area (Å²) in [5.41, 5.74) is 1.99. The number of nitrogens with zero attached hydrogens (tertiary/aromatic N) is 3. The number of carbonyl (C=O) groups excluding carboxylic acids is 1. The Hall–Kier alpha value is -3.10. The van der Waals surface area contributed by atoms with Gasteiger partial charge in [-0.05, 0) is 32.5 Å². The summed E-state index contributed by atoms with van der Waals surface area (Å²) < 4.78 is 18.8. The van der Waals surface area contributed by atoms with Crippen molar-refractivity contribution in [1.29, 1.82) is 0 Å². The summed E-state index contributed by atoms with van der Waals surface area (Å²) in [6.07, 6.45) is 4.47. The highest BCUT2D eigenvalue weighted by Crippen LogP contribution is 2.27. The summed E-state index contributed by atoms with van der Waals surface area (Å²) in [6, 6.07) is 9.41. The molecular weight excluding hydrogens is 458 g/mol. The monoisotopic (exact) mass is 495 g/mol. The summed E-state index contributed by atoms with van der Waals surface area (Å²) in [7, 11) is 3.48. The third-order valence-electron chi connectivity index (χ3n) is 7.00. The summed E-state index contributed by atoms with van der Waals surface area (Å²) in [4.78, 5) is 30.6. The minimum absolute atomic E-state index is 0.148. The molecule has 8 heteroatoms. The fourth-order valence-electron chi connectivity index (χ4n) is 5.17. The molecule has 1 saturated heterocycles. The number of carbonyl (C=O) groups is 1. The Morgan fingerprint density at radius 1 is 1.14 bits per heavy atom. The molecule has 1 fully saturated rings. The van der Waals surface area contributed by atoms with E-state index in [1.165, 1.54) is 13.2 Å². The van der Waals surface area contributed by atoms with Crippen molar-refractivity contribution < 1.29 is 19.0 Å². The van der Waals surface area contributed by atoms with E-state index in [2.05, 4.69) is 29.5 Å². The molecule has 0 amide bonds. The molecule has 4 rings (SSSR count). The predicted octanol–water partition coefficient (Wildman–Crippen LogP) is 2.98. The summed E-state index contributed by atoms with van der Waals surface area (Å²) in [5.74, 6) is 1.07. The first-order valence-corrected chi connectivity index (χ1v) is 12.7. The highest BCUT2D eigenvalue weighted by atomic mass is 16.5. The van der Waals surface area contributed by atoms with Gasteiger partial charge in [-0.1, -0.05) is 30.9 Å². The van der Waals surface area contributed by atoms with Gasteiger partial charge in [0.2, 0.25) is 0 Å². The van der Waals surface area contributed by atoms with Crippen LogP contribution in [-0.4, -0.2) is 73.9 Å². The molecule has 0 saturated carbocycles. The average Bonchev–Trinajstić information content (AvgIpc) is 3.10. The van der Waals surface area contributed by atoms with Crippen molar-refractivity contribution in [1.82, 2.24) is 14.4 Å². The zero-order chi connectivity index (χ0) is 25.5. The van der Waals surface area contributed by atoms with Gasteiger partial charge in [0.05, 0.1) is 13.7 Å². The van der Waals surface area contributed by atoms with Gasteiger partial charge in [-0.15, -0.1) is 0 Å². The number of pyridine rings is 1.